The molecule has 0 saturated heterocycles. The molecule has 31 heavy (non-hydrogen) atoms. The lowest BCUT2D eigenvalue weighted by Gasteiger charge is -2.32. The molecule has 0 aliphatic rings. The van der Waals surface area contributed by atoms with Crippen molar-refractivity contribution in [3.05, 3.63) is 74.8 Å². The van der Waals surface area contributed by atoms with Gasteiger partial charge < -0.3 is 9.80 Å². The maximum absolute atomic E-state index is 13.6. The van der Waals surface area contributed by atoms with Crippen molar-refractivity contribution in [2.24, 2.45) is 0 Å². The highest BCUT2D eigenvalue weighted by Gasteiger charge is 2.27. The molecule has 0 N–H and O–H groups in total. The Kier molecular flexibility index (Phi) is 7.13. The van der Waals surface area contributed by atoms with Gasteiger partial charge in [0.05, 0.1) is 16.9 Å². The van der Waals surface area contributed by atoms with Crippen LogP contribution < -0.4 is 5.56 Å². The van der Waals surface area contributed by atoms with Crippen molar-refractivity contribution in [2.45, 2.75) is 33.4 Å². The number of hydrogen-bond donors (Lipinski definition) is 0. The van der Waals surface area contributed by atoms with Gasteiger partial charge >= 0.3 is 0 Å². The number of fused-ring (bicyclic) bond motifs is 1. The number of benzene rings is 2. The molecule has 1 aromatic heterocycles. The average Bonchev–Trinajstić information content (AvgIpc) is 2.74. The van der Waals surface area contributed by atoms with Gasteiger partial charge in [-0.3, -0.25) is 14.2 Å². The first-order valence-electron chi connectivity index (χ1n) is 10.5. The largest absolute Gasteiger partial charge is 0.327 e. The van der Waals surface area contributed by atoms with Crippen molar-refractivity contribution in [3.63, 3.8) is 0 Å². The fraction of sp³-hybridized carbons (Fsp3) is 0.375. The van der Waals surface area contributed by atoms with E-state index in [0.29, 0.717) is 46.9 Å². The lowest BCUT2D eigenvalue weighted by atomic mass is 10.1. The van der Waals surface area contributed by atoms with Crippen LogP contribution in [0.4, 0.5) is 0 Å². The third-order valence-corrected chi connectivity index (χ3v) is 5.76. The molecule has 2 aromatic carbocycles. The van der Waals surface area contributed by atoms with Crippen LogP contribution in [0.1, 0.15) is 41.6 Å². The Morgan fingerprint density at radius 1 is 1.16 bits per heavy atom. The van der Waals surface area contributed by atoms with Crippen molar-refractivity contribution in [3.8, 4) is 0 Å². The number of carbonyl (C=O) groups is 1. The fourth-order valence-electron chi connectivity index (χ4n) is 3.72. The minimum absolute atomic E-state index is 0.0689. The highest BCUT2D eigenvalue weighted by atomic mass is 35.5. The van der Waals surface area contributed by atoms with Crippen LogP contribution in [0, 0.1) is 6.92 Å². The Morgan fingerprint density at radius 2 is 1.87 bits per heavy atom. The van der Waals surface area contributed by atoms with E-state index in [4.69, 9.17) is 16.6 Å². The number of nitrogens with zero attached hydrogens (tertiary/aromatic N) is 4. The van der Waals surface area contributed by atoms with E-state index >= 15 is 0 Å². The summed E-state index contributed by atoms with van der Waals surface area (Å²) in [6.07, 6.45) is 0. The standard InChI is InChI=1S/C24H29ClN4O2/c1-6-28-22(26-21-12-11-18(25)15-20(21)24(28)31)17(3)29(14-13-27(4)5)23(30)19-10-8-7-9-16(19)2/h7-12,15,17H,6,13-14H2,1-5H3. The summed E-state index contributed by atoms with van der Waals surface area (Å²) < 4.78 is 1.64. The van der Waals surface area contributed by atoms with Crippen LogP contribution in [0.5, 0.6) is 0 Å². The summed E-state index contributed by atoms with van der Waals surface area (Å²) in [6, 6.07) is 12.3. The van der Waals surface area contributed by atoms with Crippen LogP contribution in [0.3, 0.4) is 0 Å². The van der Waals surface area contributed by atoms with Crippen LogP contribution in [-0.2, 0) is 6.54 Å². The average molecular weight is 441 g/mol. The zero-order valence-electron chi connectivity index (χ0n) is 18.7. The van der Waals surface area contributed by atoms with E-state index in [-0.39, 0.29) is 17.5 Å². The smallest absolute Gasteiger partial charge is 0.261 e. The van der Waals surface area contributed by atoms with Crippen molar-refractivity contribution in [2.75, 3.05) is 27.2 Å². The Hall–Kier alpha value is -2.70. The van der Waals surface area contributed by atoms with Gasteiger partial charge in [-0.1, -0.05) is 29.8 Å². The van der Waals surface area contributed by atoms with E-state index in [0.717, 1.165) is 5.56 Å². The molecule has 6 nitrogen and oxygen atoms in total. The van der Waals surface area contributed by atoms with Gasteiger partial charge in [-0.15, -0.1) is 0 Å². The van der Waals surface area contributed by atoms with Gasteiger partial charge in [0.1, 0.15) is 5.82 Å². The van der Waals surface area contributed by atoms with E-state index in [1.807, 2.05) is 64.0 Å². The van der Waals surface area contributed by atoms with E-state index < -0.39 is 0 Å². The summed E-state index contributed by atoms with van der Waals surface area (Å²) in [4.78, 5) is 35.4. The molecule has 0 radical (unpaired) electrons. The lowest BCUT2D eigenvalue weighted by Crippen LogP contribution is -2.41. The molecular formula is C24H29ClN4O2. The van der Waals surface area contributed by atoms with Crippen LogP contribution in [-0.4, -0.2) is 52.4 Å². The molecule has 7 heteroatoms. The Labute approximate surface area is 188 Å². The molecule has 1 amide bonds. The van der Waals surface area contributed by atoms with Gasteiger partial charge in [0, 0.05) is 30.2 Å². The van der Waals surface area contributed by atoms with Crippen molar-refractivity contribution in [1.82, 2.24) is 19.4 Å². The molecule has 0 fully saturated rings. The Balaban J connectivity index is 2.12. The maximum atomic E-state index is 13.6. The van der Waals surface area contributed by atoms with E-state index in [9.17, 15) is 9.59 Å². The molecule has 1 atom stereocenters. The van der Waals surface area contributed by atoms with E-state index in [1.54, 1.807) is 27.7 Å². The SMILES string of the molecule is CCn1c(C(C)N(CCN(C)C)C(=O)c2ccccc2C)nc2ccc(Cl)cc2c1=O. The van der Waals surface area contributed by atoms with Crippen molar-refractivity contribution < 1.29 is 4.79 Å². The van der Waals surface area contributed by atoms with Gasteiger partial charge in [-0.25, -0.2) is 4.98 Å². The van der Waals surface area contributed by atoms with Crippen LogP contribution >= 0.6 is 11.6 Å². The van der Waals surface area contributed by atoms with Gasteiger partial charge in [-0.2, -0.15) is 0 Å². The molecule has 0 aliphatic heterocycles. The molecule has 164 valence electrons. The second kappa shape index (κ2) is 9.62. The number of aromatic nitrogens is 2. The van der Waals surface area contributed by atoms with E-state index in [1.165, 1.54) is 0 Å². The number of aryl methyl sites for hydroxylation is 1. The van der Waals surface area contributed by atoms with Crippen molar-refractivity contribution >= 4 is 28.4 Å². The summed E-state index contributed by atoms with van der Waals surface area (Å²) >= 11 is 6.10. The summed E-state index contributed by atoms with van der Waals surface area (Å²) in [5, 5.41) is 0.979. The van der Waals surface area contributed by atoms with E-state index in [2.05, 4.69) is 0 Å². The molecule has 1 heterocycles. The van der Waals surface area contributed by atoms with Crippen LogP contribution in [0.2, 0.25) is 5.02 Å². The minimum Gasteiger partial charge on any atom is -0.327 e. The molecular weight excluding hydrogens is 412 g/mol. The number of rotatable bonds is 7. The molecule has 0 saturated carbocycles. The molecule has 0 aliphatic carbocycles. The molecule has 1 unspecified atom stereocenters. The first-order valence-corrected chi connectivity index (χ1v) is 10.8. The number of hydrogen-bond acceptors (Lipinski definition) is 4. The predicted molar refractivity (Wildman–Crippen MR) is 126 cm³/mol. The maximum Gasteiger partial charge on any atom is 0.261 e. The summed E-state index contributed by atoms with van der Waals surface area (Å²) in [7, 11) is 3.95. The Morgan fingerprint density at radius 3 is 2.52 bits per heavy atom. The second-order valence-electron chi connectivity index (χ2n) is 7.97. The fourth-order valence-corrected chi connectivity index (χ4v) is 3.89. The first kappa shape index (κ1) is 23.0. The third kappa shape index (κ3) is 4.81. The number of amides is 1. The molecule has 3 aromatic rings. The topological polar surface area (TPSA) is 58.4 Å². The highest BCUT2D eigenvalue weighted by molar-refractivity contribution is 6.31. The second-order valence-corrected chi connectivity index (χ2v) is 8.41. The summed E-state index contributed by atoms with van der Waals surface area (Å²) in [6.45, 7) is 7.43. The normalized spacial score (nSPS) is 12.4. The number of halogens is 1. The van der Waals surface area contributed by atoms with Crippen LogP contribution in [0.15, 0.2) is 47.3 Å². The quantitative estimate of drug-likeness (QED) is 0.554. The minimum atomic E-state index is -0.389. The van der Waals surface area contributed by atoms with Gasteiger partial charge in [0.25, 0.3) is 11.5 Å². The zero-order valence-corrected chi connectivity index (χ0v) is 19.5. The van der Waals surface area contributed by atoms with Gasteiger partial charge in [-0.05, 0) is 64.7 Å². The highest BCUT2D eigenvalue weighted by Crippen LogP contribution is 2.24. The number of likely N-dealkylation sites (N-methyl/N-ethyl adjacent to an activating group) is 1. The Bertz CT molecular complexity index is 1160. The summed E-state index contributed by atoms with van der Waals surface area (Å²) in [5.41, 5.74) is 2.01. The third-order valence-electron chi connectivity index (χ3n) is 5.53. The molecule has 0 bridgehead atoms. The molecule has 3 rings (SSSR count). The van der Waals surface area contributed by atoms with Crippen molar-refractivity contribution in [1.29, 1.82) is 0 Å². The van der Waals surface area contributed by atoms with Gasteiger partial charge in [0.2, 0.25) is 0 Å². The van der Waals surface area contributed by atoms with Gasteiger partial charge in [0.15, 0.2) is 0 Å². The summed E-state index contributed by atoms with van der Waals surface area (Å²) in [5.74, 6) is 0.503. The number of carbonyl (C=O) groups excluding carboxylic acids is 1. The molecule has 0 spiro atoms. The lowest BCUT2D eigenvalue weighted by molar-refractivity contribution is 0.0664. The predicted octanol–water partition coefficient (Wildman–Crippen LogP) is 4.14. The zero-order chi connectivity index (χ0) is 22.7. The first-order chi connectivity index (χ1) is 14.7. The van der Waals surface area contributed by atoms with Crippen LogP contribution in [0.25, 0.3) is 10.9 Å². The monoisotopic (exact) mass is 440 g/mol.